The van der Waals surface area contributed by atoms with Crippen LogP contribution in [0.25, 0.3) is 0 Å². The van der Waals surface area contributed by atoms with E-state index < -0.39 is 10.7 Å². The first-order valence-corrected chi connectivity index (χ1v) is 7.59. The zero-order chi connectivity index (χ0) is 17.7. The van der Waals surface area contributed by atoms with Gasteiger partial charge in [-0.1, -0.05) is 0 Å². The quantitative estimate of drug-likeness (QED) is 0.643. The fourth-order valence-electron chi connectivity index (χ4n) is 2.54. The number of nitrogens with zero attached hydrogens (tertiary/aromatic N) is 3. The minimum absolute atomic E-state index is 0.00705. The molecule has 2 amide bonds. The van der Waals surface area contributed by atoms with Gasteiger partial charge >= 0.3 is 0 Å². The minimum atomic E-state index is -0.688. The number of amides is 2. The van der Waals surface area contributed by atoms with E-state index in [1.807, 2.05) is 0 Å². The van der Waals surface area contributed by atoms with E-state index >= 15 is 0 Å². The van der Waals surface area contributed by atoms with E-state index in [0.29, 0.717) is 26.2 Å². The Kier molecular flexibility index (Phi) is 5.67. The lowest BCUT2D eigenvalue weighted by atomic mass is 10.2. The topological polar surface area (TPSA) is 95.8 Å². The van der Waals surface area contributed by atoms with Gasteiger partial charge in [-0.25, -0.2) is 4.39 Å². The number of anilines is 1. The highest BCUT2D eigenvalue weighted by molar-refractivity contribution is 5.78. The maximum absolute atomic E-state index is 13.1. The molecule has 1 heterocycles. The average Bonchev–Trinajstić information content (AvgIpc) is 2.56. The Balaban J connectivity index is 1.83. The Hall–Kier alpha value is -2.71. The molecule has 0 radical (unpaired) electrons. The van der Waals surface area contributed by atoms with Crippen LogP contribution in [0.3, 0.4) is 0 Å². The van der Waals surface area contributed by atoms with E-state index in [4.69, 9.17) is 0 Å². The third-order valence-electron chi connectivity index (χ3n) is 3.89. The molecule has 0 aliphatic carbocycles. The summed E-state index contributed by atoms with van der Waals surface area (Å²) in [7, 11) is 0. The second kappa shape index (κ2) is 7.71. The predicted octanol–water partition coefficient (Wildman–Crippen LogP) is 1.23. The Morgan fingerprint density at radius 3 is 2.46 bits per heavy atom. The predicted molar refractivity (Wildman–Crippen MR) is 85.0 cm³/mol. The van der Waals surface area contributed by atoms with Crippen molar-refractivity contribution in [2.45, 2.75) is 13.3 Å². The summed E-state index contributed by atoms with van der Waals surface area (Å²) in [6, 6.07) is 3.24. The number of hydrogen-bond donors (Lipinski definition) is 1. The lowest BCUT2D eigenvalue weighted by Gasteiger charge is -2.34. The smallest absolute Gasteiger partial charge is 0.295 e. The molecular formula is C15H19FN4O4. The molecule has 9 heteroatoms. The molecule has 1 N–H and O–H groups in total. The summed E-state index contributed by atoms with van der Waals surface area (Å²) < 4.78 is 13.1. The number of halogens is 1. The molecule has 1 saturated heterocycles. The van der Waals surface area contributed by atoms with Crippen molar-refractivity contribution in [3.05, 3.63) is 34.1 Å². The van der Waals surface area contributed by atoms with E-state index in [1.54, 1.807) is 9.80 Å². The average molecular weight is 338 g/mol. The molecule has 1 aromatic carbocycles. The lowest BCUT2D eigenvalue weighted by Crippen LogP contribution is -2.50. The summed E-state index contributed by atoms with van der Waals surface area (Å²) >= 11 is 0. The minimum Gasteiger partial charge on any atom is -0.379 e. The summed E-state index contributed by atoms with van der Waals surface area (Å²) in [4.78, 5) is 36.9. The number of nitro groups is 1. The van der Waals surface area contributed by atoms with E-state index in [0.717, 1.165) is 12.1 Å². The third kappa shape index (κ3) is 4.40. The summed E-state index contributed by atoms with van der Waals surface area (Å²) in [6.07, 6.45) is 0.161. The normalized spacial score (nSPS) is 14.4. The van der Waals surface area contributed by atoms with Crippen LogP contribution in [0.5, 0.6) is 0 Å². The number of nitro benzene ring substituents is 1. The molecule has 0 saturated carbocycles. The molecule has 130 valence electrons. The van der Waals surface area contributed by atoms with Crippen LogP contribution in [0.4, 0.5) is 15.8 Å². The molecule has 0 bridgehead atoms. The highest BCUT2D eigenvalue weighted by atomic mass is 19.1. The van der Waals surface area contributed by atoms with Crippen molar-refractivity contribution in [1.29, 1.82) is 0 Å². The molecule has 0 aromatic heterocycles. The molecule has 0 unspecified atom stereocenters. The van der Waals surface area contributed by atoms with Gasteiger partial charge in [0, 0.05) is 46.1 Å². The third-order valence-corrected chi connectivity index (χ3v) is 3.89. The van der Waals surface area contributed by atoms with E-state index in [-0.39, 0.29) is 36.2 Å². The van der Waals surface area contributed by atoms with Crippen molar-refractivity contribution in [3.63, 3.8) is 0 Å². The number of carbonyl (C=O) groups is 2. The van der Waals surface area contributed by atoms with Gasteiger partial charge in [0.1, 0.15) is 11.5 Å². The number of hydrogen-bond acceptors (Lipinski definition) is 5. The number of rotatable bonds is 5. The van der Waals surface area contributed by atoms with Gasteiger partial charge in [-0.3, -0.25) is 19.7 Å². The summed E-state index contributed by atoms with van der Waals surface area (Å²) in [5.74, 6) is -0.783. The highest BCUT2D eigenvalue weighted by Gasteiger charge is 2.22. The van der Waals surface area contributed by atoms with Crippen LogP contribution in [0.15, 0.2) is 18.2 Å². The van der Waals surface area contributed by atoms with Crippen LogP contribution in [-0.4, -0.2) is 59.3 Å². The van der Waals surface area contributed by atoms with Crippen molar-refractivity contribution >= 4 is 23.2 Å². The zero-order valence-electron chi connectivity index (χ0n) is 13.3. The molecule has 2 rings (SSSR count). The SMILES string of the molecule is CC(=O)N1CCN(C(=O)CCNc2ccc(F)cc2[N+](=O)[O-])CC1. The van der Waals surface area contributed by atoms with Gasteiger partial charge in [0.25, 0.3) is 5.69 Å². The monoisotopic (exact) mass is 338 g/mol. The van der Waals surface area contributed by atoms with Gasteiger partial charge in [-0.15, -0.1) is 0 Å². The van der Waals surface area contributed by atoms with Gasteiger partial charge < -0.3 is 15.1 Å². The number of piperazine rings is 1. The van der Waals surface area contributed by atoms with Crippen LogP contribution in [-0.2, 0) is 9.59 Å². The Morgan fingerprint density at radius 1 is 1.25 bits per heavy atom. The van der Waals surface area contributed by atoms with Gasteiger partial charge in [0.2, 0.25) is 11.8 Å². The van der Waals surface area contributed by atoms with Crippen molar-refractivity contribution < 1.29 is 18.9 Å². The van der Waals surface area contributed by atoms with Crippen LogP contribution >= 0.6 is 0 Å². The Morgan fingerprint density at radius 2 is 1.88 bits per heavy atom. The molecule has 8 nitrogen and oxygen atoms in total. The Labute approximate surface area is 138 Å². The molecule has 1 aliphatic heterocycles. The number of benzene rings is 1. The van der Waals surface area contributed by atoms with Crippen molar-refractivity contribution in [3.8, 4) is 0 Å². The zero-order valence-corrected chi connectivity index (χ0v) is 13.3. The highest BCUT2D eigenvalue weighted by Crippen LogP contribution is 2.24. The Bertz CT molecular complexity index is 644. The van der Waals surface area contributed by atoms with Gasteiger partial charge in [-0.05, 0) is 12.1 Å². The first-order chi connectivity index (χ1) is 11.4. The van der Waals surface area contributed by atoms with Crippen LogP contribution in [0, 0.1) is 15.9 Å². The second-order valence-electron chi connectivity index (χ2n) is 5.48. The fraction of sp³-hybridized carbons (Fsp3) is 0.467. The molecule has 1 aliphatic rings. The van der Waals surface area contributed by atoms with Crippen LogP contribution < -0.4 is 5.32 Å². The van der Waals surface area contributed by atoms with Crippen LogP contribution in [0.2, 0.25) is 0 Å². The number of carbonyl (C=O) groups excluding carboxylic acids is 2. The first-order valence-electron chi connectivity index (χ1n) is 7.59. The number of nitrogens with one attached hydrogen (secondary N) is 1. The van der Waals surface area contributed by atoms with Crippen molar-refractivity contribution in [2.24, 2.45) is 0 Å². The summed E-state index contributed by atoms with van der Waals surface area (Å²) in [5.41, 5.74) is -0.187. The van der Waals surface area contributed by atoms with Crippen molar-refractivity contribution in [2.75, 3.05) is 38.0 Å². The largest absolute Gasteiger partial charge is 0.379 e. The van der Waals surface area contributed by atoms with E-state index in [2.05, 4.69) is 5.32 Å². The molecule has 0 spiro atoms. The van der Waals surface area contributed by atoms with Crippen molar-refractivity contribution in [1.82, 2.24) is 9.80 Å². The lowest BCUT2D eigenvalue weighted by molar-refractivity contribution is -0.384. The maximum Gasteiger partial charge on any atom is 0.295 e. The maximum atomic E-state index is 13.1. The molecule has 0 atom stereocenters. The van der Waals surface area contributed by atoms with Gasteiger partial charge in [0.15, 0.2) is 0 Å². The van der Waals surface area contributed by atoms with E-state index in [9.17, 15) is 24.1 Å². The molecule has 1 aromatic rings. The molecule has 24 heavy (non-hydrogen) atoms. The summed E-state index contributed by atoms with van der Waals surface area (Å²) in [5, 5.41) is 13.7. The van der Waals surface area contributed by atoms with Gasteiger partial charge in [-0.2, -0.15) is 0 Å². The molecule has 1 fully saturated rings. The summed E-state index contributed by atoms with van der Waals surface area (Å²) in [6.45, 7) is 3.69. The van der Waals surface area contributed by atoms with E-state index in [1.165, 1.54) is 13.0 Å². The fourth-order valence-corrected chi connectivity index (χ4v) is 2.54. The second-order valence-corrected chi connectivity index (χ2v) is 5.48. The first kappa shape index (κ1) is 17.6. The van der Waals surface area contributed by atoms with Gasteiger partial charge in [0.05, 0.1) is 11.0 Å². The van der Waals surface area contributed by atoms with Crippen LogP contribution in [0.1, 0.15) is 13.3 Å². The molecular weight excluding hydrogens is 319 g/mol. The standard InChI is InChI=1S/C15H19FN4O4/c1-11(21)18-6-8-19(9-7-18)15(22)4-5-17-13-3-2-12(16)10-14(13)20(23)24/h2-3,10,17H,4-9H2,1H3.